The van der Waals surface area contributed by atoms with E-state index >= 15 is 0 Å². The van der Waals surface area contributed by atoms with Crippen molar-refractivity contribution in [1.82, 2.24) is 20.9 Å². The molecule has 2 aliphatic heterocycles. The third kappa shape index (κ3) is 3.76. The number of imide groups is 1. The number of urea groups is 2. The van der Waals surface area contributed by atoms with Crippen LogP contribution in [-0.4, -0.2) is 42.0 Å². The second kappa shape index (κ2) is 8.88. The van der Waals surface area contributed by atoms with Gasteiger partial charge in [-0.3, -0.25) is 9.69 Å². The molecular formula is C26H24N4O6. The average Bonchev–Trinajstić information content (AvgIpc) is 3.47. The predicted molar refractivity (Wildman–Crippen MR) is 128 cm³/mol. The summed E-state index contributed by atoms with van der Waals surface area (Å²) in [5.41, 5.74) is -0.584. The summed E-state index contributed by atoms with van der Waals surface area (Å²) in [6.45, 7) is 3.05. The third-order valence-corrected chi connectivity index (χ3v) is 6.40. The molecule has 5 amide bonds. The van der Waals surface area contributed by atoms with Gasteiger partial charge in [-0.2, -0.15) is 0 Å². The van der Waals surface area contributed by atoms with Crippen LogP contribution in [0.2, 0.25) is 0 Å². The molecule has 2 atom stereocenters. The van der Waals surface area contributed by atoms with Gasteiger partial charge >= 0.3 is 18.0 Å². The molecule has 1 fully saturated rings. The van der Waals surface area contributed by atoms with Gasteiger partial charge in [0.25, 0.3) is 5.91 Å². The minimum Gasteiger partial charge on any atom is -0.467 e. The number of esters is 1. The average molecular weight is 489 g/mol. The van der Waals surface area contributed by atoms with Crippen LogP contribution in [0.25, 0.3) is 10.8 Å². The Bertz CT molecular complexity index is 1410. The van der Waals surface area contributed by atoms with Crippen LogP contribution in [0.3, 0.4) is 0 Å². The van der Waals surface area contributed by atoms with E-state index in [1.165, 1.54) is 6.26 Å². The standard InChI is InChI=1S/C26H24N4O6/c1-3-35-22(31)20-18(27-24(33)28-21(20)19-12-7-13-36-19)14-30-23(32)26(2,29-25(30)34)17-11-6-9-15-8-4-5-10-16(15)17/h4-13,21H,3,14H2,1-2H3,(H,29,34)(H2,27,28,33)/t21-,26+/m0/s1. The van der Waals surface area contributed by atoms with Crippen LogP contribution >= 0.6 is 0 Å². The molecular weight excluding hydrogens is 464 g/mol. The van der Waals surface area contributed by atoms with E-state index in [4.69, 9.17) is 9.15 Å². The molecule has 0 saturated carbocycles. The molecule has 1 saturated heterocycles. The fourth-order valence-electron chi connectivity index (χ4n) is 4.70. The van der Waals surface area contributed by atoms with Crippen molar-refractivity contribution in [3.8, 4) is 0 Å². The number of nitrogens with zero attached hydrogens (tertiary/aromatic N) is 1. The first kappa shape index (κ1) is 23.2. The quantitative estimate of drug-likeness (QED) is 0.361. The topological polar surface area (TPSA) is 130 Å². The molecule has 36 heavy (non-hydrogen) atoms. The second-order valence-corrected chi connectivity index (χ2v) is 8.63. The monoisotopic (exact) mass is 488 g/mol. The van der Waals surface area contributed by atoms with Crippen molar-refractivity contribution in [1.29, 1.82) is 0 Å². The Morgan fingerprint density at radius 3 is 2.61 bits per heavy atom. The number of carbonyl (C=O) groups is 4. The van der Waals surface area contributed by atoms with E-state index in [2.05, 4.69) is 16.0 Å². The van der Waals surface area contributed by atoms with Gasteiger partial charge in [0.2, 0.25) is 0 Å². The van der Waals surface area contributed by atoms with Gasteiger partial charge in [-0.05, 0) is 42.3 Å². The Morgan fingerprint density at radius 2 is 1.86 bits per heavy atom. The summed E-state index contributed by atoms with van der Waals surface area (Å²) >= 11 is 0. The van der Waals surface area contributed by atoms with E-state index in [9.17, 15) is 19.2 Å². The largest absolute Gasteiger partial charge is 0.467 e. The fourth-order valence-corrected chi connectivity index (χ4v) is 4.70. The molecule has 5 rings (SSSR count). The molecule has 0 aliphatic carbocycles. The summed E-state index contributed by atoms with van der Waals surface area (Å²) < 4.78 is 10.6. The normalized spacial score (nSPS) is 21.9. The predicted octanol–water partition coefficient (Wildman–Crippen LogP) is 3.07. The van der Waals surface area contributed by atoms with Gasteiger partial charge in [0.05, 0.1) is 30.7 Å². The molecule has 0 unspecified atom stereocenters. The number of benzene rings is 2. The van der Waals surface area contributed by atoms with Crippen molar-refractivity contribution in [3.63, 3.8) is 0 Å². The summed E-state index contributed by atoms with van der Waals surface area (Å²) in [7, 11) is 0. The lowest BCUT2D eigenvalue weighted by molar-refractivity contribution is -0.139. The first-order chi connectivity index (χ1) is 17.3. The Morgan fingerprint density at radius 1 is 1.08 bits per heavy atom. The highest BCUT2D eigenvalue weighted by Crippen LogP contribution is 2.35. The SMILES string of the molecule is CCOC(=O)C1=C(CN2C(=O)N[C@](C)(c3cccc4ccccc34)C2=O)NC(=O)N[C@H]1c1ccco1. The minimum atomic E-state index is -1.35. The van der Waals surface area contributed by atoms with Gasteiger partial charge < -0.3 is 25.1 Å². The van der Waals surface area contributed by atoms with Crippen molar-refractivity contribution in [2.75, 3.05) is 13.2 Å². The summed E-state index contributed by atoms with van der Waals surface area (Å²) in [6, 6.07) is 14.2. The number of furan rings is 1. The highest BCUT2D eigenvalue weighted by atomic mass is 16.5. The van der Waals surface area contributed by atoms with Crippen molar-refractivity contribution in [2.45, 2.75) is 25.4 Å². The fraction of sp³-hybridized carbons (Fsp3) is 0.231. The number of nitrogens with one attached hydrogen (secondary N) is 3. The molecule has 3 aromatic rings. The molecule has 2 aromatic carbocycles. The number of hydrogen-bond acceptors (Lipinski definition) is 6. The maximum atomic E-state index is 13.7. The number of rotatable bonds is 6. The van der Waals surface area contributed by atoms with E-state index in [0.29, 0.717) is 11.3 Å². The molecule has 0 bridgehead atoms. The lowest BCUT2D eigenvalue weighted by Gasteiger charge is -2.29. The third-order valence-electron chi connectivity index (χ3n) is 6.40. The molecule has 10 heteroatoms. The Labute approximate surface area is 206 Å². The molecule has 3 N–H and O–H groups in total. The maximum absolute atomic E-state index is 13.7. The number of carbonyl (C=O) groups excluding carboxylic acids is 4. The number of fused-ring (bicyclic) bond motifs is 1. The zero-order chi connectivity index (χ0) is 25.4. The molecule has 10 nitrogen and oxygen atoms in total. The van der Waals surface area contributed by atoms with Crippen LogP contribution in [0, 0.1) is 0 Å². The van der Waals surface area contributed by atoms with Crippen LogP contribution in [0.1, 0.15) is 31.2 Å². The summed E-state index contributed by atoms with van der Waals surface area (Å²) in [6.07, 6.45) is 1.42. The van der Waals surface area contributed by atoms with E-state index in [-0.39, 0.29) is 24.4 Å². The summed E-state index contributed by atoms with van der Waals surface area (Å²) in [5.74, 6) is -0.907. The first-order valence-electron chi connectivity index (χ1n) is 11.5. The van der Waals surface area contributed by atoms with Gasteiger partial charge in [-0.25, -0.2) is 14.4 Å². The maximum Gasteiger partial charge on any atom is 0.338 e. The Kier molecular flexibility index (Phi) is 5.71. The lowest BCUT2D eigenvalue weighted by atomic mass is 9.87. The molecule has 0 spiro atoms. The van der Waals surface area contributed by atoms with Gasteiger partial charge in [0.1, 0.15) is 17.3 Å². The number of ether oxygens (including phenoxy) is 1. The zero-order valence-electron chi connectivity index (χ0n) is 19.7. The van der Waals surface area contributed by atoms with Gasteiger partial charge in [0, 0.05) is 0 Å². The van der Waals surface area contributed by atoms with Crippen molar-refractivity contribution in [2.24, 2.45) is 0 Å². The van der Waals surface area contributed by atoms with Crippen molar-refractivity contribution >= 4 is 34.7 Å². The minimum absolute atomic E-state index is 0.0470. The molecule has 2 aliphatic rings. The molecule has 184 valence electrons. The highest BCUT2D eigenvalue weighted by Gasteiger charge is 2.50. The van der Waals surface area contributed by atoms with Crippen LogP contribution in [-0.2, 0) is 19.9 Å². The molecule has 1 aromatic heterocycles. The summed E-state index contributed by atoms with van der Waals surface area (Å²) in [5, 5.41) is 9.77. The zero-order valence-corrected chi connectivity index (χ0v) is 19.7. The first-order valence-corrected chi connectivity index (χ1v) is 11.5. The Hall–Kier alpha value is -4.60. The van der Waals surface area contributed by atoms with E-state index < -0.39 is 35.5 Å². The van der Waals surface area contributed by atoms with Crippen LogP contribution in [0.5, 0.6) is 0 Å². The molecule has 3 heterocycles. The summed E-state index contributed by atoms with van der Waals surface area (Å²) in [4.78, 5) is 53.2. The van der Waals surface area contributed by atoms with Gasteiger partial charge in [0.15, 0.2) is 0 Å². The van der Waals surface area contributed by atoms with E-state index in [1.54, 1.807) is 32.0 Å². The van der Waals surface area contributed by atoms with Crippen molar-refractivity contribution in [3.05, 3.63) is 83.5 Å². The second-order valence-electron chi connectivity index (χ2n) is 8.63. The van der Waals surface area contributed by atoms with Crippen LogP contribution < -0.4 is 16.0 Å². The van der Waals surface area contributed by atoms with Crippen LogP contribution in [0.4, 0.5) is 9.59 Å². The Balaban J connectivity index is 1.54. The van der Waals surface area contributed by atoms with E-state index in [1.807, 2.05) is 36.4 Å². The van der Waals surface area contributed by atoms with Crippen LogP contribution in [0.15, 0.2) is 76.5 Å². The number of hydrogen-bond donors (Lipinski definition) is 3. The highest BCUT2D eigenvalue weighted by molar-refractivity contribution is 6.09. The van der Waals surface area contributed by atoms with Gasteiger partial charge in [-0.1, -0.05) is 42.5 Å². The lowest BCUT2D eigenvalue weighted by Crippen LogP contribution is -2.49. The smallest absolute Gasteiger partial charge is 0.338 e. The molecule has 0 radical (unpaired) electrons. The van der Waals surface area contributed by atoms with Gasteiger partial charge in [-0.15, -0.1) is 0 Å². The van der Waals surface area contributed by atoms with Crippen molar-refractivity contribution < 1.29 is 28.3 Å². The van der Waals surface area contributed by atoms with E-state index in [0.717, 1.165) is 15.7 Å². The number of amides is 5.